The number of ether oxygens (including phenoxy) is 1. The van der Waals surface area contributed by atoms with E-state index in [0.717, 1.165) is 6.29 Å². The number of hydrogen-bond acceptors (Lipinski definition) is 6. The van der Waals surface area contributed by atoms with Crippen LogP contribution in [-0.4, -0.2) is 27.0 Å². The van der Waals surface area contributed by atoms with Gasteiger partial charge in [0.15, 0.2) is 0 Å². The number of nitrogen functional groups attached to an aromatic ring is 1. The fourth-order valence-electron chi connectivity index (χ4n) is 1.59. The van der Waals surface area contributed by atoms with Crippen LogP contribution in [0.15, 0.2) is 17.1 Å². The Bertz CT molecular complexity index is 462. The Hall–Kier alpha value is -1.34. The maximum Gasteiger partial charge on any atom is 0.351 e. The van der Waals surface area contributed by atoms with E-state index in [1.54, 1.807) is 24.0 Å². The third-order valence-corrected chi connectivity index (χ3v) is 3.61. The van der Waals surface area contributed by atoms with Gasteiger partial charge in [0.2, 0.25) is 0 Å². The molecular weight excluding hydrogens is 242 g/mol. The molecule has 2 rings (SSSR count). The molecule has 0 unspecified atom stereocenters. The largest absolute Gasteiger partial charge is 0.383 e. The first-order chi connectivity index (χ1) is 8.20. The van der Waals surface area contributed by atoms with E-state index < -0.39 is 5.69 Å². The molecule has 7 heteroatoms. The second-order valence-corrected chi connectivity index (χ2v) is 4.83. The van der Waals surface area contributed by atoms with Crippen LogP contribution in [0.1, 0.15) is 19.1 Å². The van der Waals surface area contributed by atoms with Crippen LogP contribution in [0.5, 0.6) is 0 Å². The summed E-state index contributed by atoms with van der Waals surface area (Å²) in [6.45, 7) is 0. The first-order valence-corrected chi connectivity index (χ1v) is 6.31. The molecule has 1 aromatic heterocycles. The van der Waals surface area contributed by atoms with E-state index in [9.17, 15) is 9.59 Å². The van der Waals surface area contributed by atoms with E-state index in [-0.39, 0.29) is 17.5 Å². The summed E-state index contributed by atoms with van der Waals surface area (Å²) in [4.78, 5) is 25.5. The minimum atomic E-state index is -0.411. The fraction of sp³-hybridized carbons (Fsp3) is 0.500. The molecule has 0 radical (unpaired) electrons. The van der Waals surface area contributed by atoms with E-state index in [1.165, 1.54) is 4.57 Å². The molecule has 0 aromatic carbocycles. The second kappa shape index (κ2) is 5.33. The smallest absolute Gasteiger partial charge is 0.351 e. The number of aldehydes is 1. The summed E-state index contributed by atoms with van der Waals surface area (Å²) in [5.41, 5.74) is 4.97. The molecule has 2 atom stereocenters. The lowest BCUT2D eigenvalue weighted by Gasteiger charge is -2.13. The highest BCUT2D eigenvalue weighted by Gasteiger charge is 2.27. The van der Waals surface area contributed by atoms with Gasteiger partial charge in [0.25, 0.3) is 0 Å². The fourth-order valence-corrected chi connectivity index (χ4v) is 2.72. The van der Waals surface area contributed by atoms with Gasteiger partial charge in [-0.15, -0.1) is 11.8 Å². The van der Waals surface area contributed by atoms with Crippen LogP contribution < -0.4 is 11.4 Å². The van der Waals surface area contributed by atoms with Crippen molar-refractivity contribution in [3.8, 4) is 0 Å². The number of carbonyl (C=O) groups excluding carboxylic acids is 1. The van der Waals surface area contributed by atoms with Crippen LogP contribution in [0.4, 0.5) is 5.82 Å². The average molecular weight is 255 g/mol. The van der Waals surface area contributed by atoms with Crippen LogP contribution in [0.2, 0.25) is 0 Å². The molecule has 0 bridgehead atoms. The number of nitrogens with zero attached hydrogens (tertiary/aromatic N) is 2. The van der Waals surface area contributed by atoms with Crippen LogP contribution in [0, 0.1) is 0 Å². The van der Waals surface area contributed by atoms with Gasteiger partial charge >= 0.3 is 5.69 Å². The van der Waals surface area contributed by atoms with Crippen LogP contribution in [0.3, 0.4) is 0 Å². The van der Waals surface area contributed by atoms with Crippen LogP contribution in [-0.2, 0) is 9.53 Å². The molecule has 0 spiro atoms. The van der Waals surface area contributed by atoms with E-state index >= 15 is 0 Å². The Balaban J connectivity index is 2.04. The van der Waals surface area contributed by atoms with Gasteiger partial charge < -0.3 is 15.3 Å². The number of thioether (sulfide) groups is 1. The standard InChI is InChI=1S/C10H13N3O3S/c11-7-3-4-13(10(15)12-7)8-6-17-9(16-8)2-1-5-14/h3-5,8-9H,1-2,6H2,(H2,11,12,15)/t8-,9+/m1/s1. The lowest BCUT2D eigenvalue weighted by atomic mass is 10.3. The number of anilines is 1. The third-order valence-electron chi connectivity index (χ3n) is 2.42. The molecule has 6 nitrogen and oxygen atoms in total. The molecule has 2 N–H and O–H groups in total. The van der Waals surface area contributed by atoms with Gasteiger partial charge in [0.1, 0.15) is 23.8 Å². The highest BCUT2D eigenvalue weighted by molar-refractivity contribution is 7.99. The zero-order valence-electron chi connectivity index (χ0n) is 9.11. The van der Waals surface area contributed by atoms with Crippen LogP contribution >= 0.6 is 11.8 Å². The van der Waals surface area contributed by atoms with Gasteiger partial charge in [-0.05, 0) is 12.5 Å². The Morgan fingerprint density at radius 1 is 1.71 bits per heavy atom. The second-order valence-electron chi connectivity index (χ2n) is 3.64. The minimum absolute atomic E-state index is 0.0327. The van der Waals surface area contributed by atoms with Gasteiger partial charge in [-0.1, -0.05) is 0 Å². The summed E-state index contributed by atoms with van der Waals surface area (Å²) in [7, 11) is 0. The molecule has 1 aliphatic heterocycles. The third kappa shape index (κ3) is 2.86. The quantitative estimate of drug-likeness (QED) is 0.783. The Morgan fingerprint density at radius 2 is 2.53 bits per heavy atom. The van der Waals surface area contributed by atoms with Crippen molar-refractivity contribution in [2.24, 2.45) is 0 Å². The first-order valence-electron chi connectivity index (χ1n) is 5.26. The van der Waals surface area contributed by atoms with Crippen molar-refractivity contribution in [1.82, 2.24) is 9.55 Å². The first kappa shape index (κ1) is 12.1. The van der Waals surface area contributed by atoms with Crippen molar-refractivity contribution in [3.63, 3.8) is 0 Å². The summed E-state index contributed by atoms with van der Waals surface area (Å²) >= 11 is 1.60. The van der Waals surface area contributed by atoms with Crippen LogP contribution in [0.25, 0.3) is 0 Å². The molecule has 17 heavy (non-hydrogen) atoms. The number of carbonyl (C=O) groups is 1. The highest BCUT2D eigenvalue weighted by atomic mass is 32.2. The lowest BCUT2D eigenvalue weighted by molar-refractivity contribution is -0.108. The molecule has 1 saturated heterocycles. The molecular formula is C10H13N3O3S. The number of aromatic nitrogens is 2. The van der Waals surface area contributed by atoms with E-state index in [1.807, 2.05) is 0 Å². The van der Waals surface area contributed by atoms with Gasteiger partial charge in [-0.3, -0.25) is 4.57 Å². The van der Waals surface area contributed by atoms with E-state index in [2.05, 4.69) is 4.98 Å². The Labute approximate surface area is 102 Å². The Morgan fingerprint density at radius 3 is 3.24 bits per heavy atom. The maximum atomic E-state index is 11.6. The van der Waals surface area contributed by atoms with Crippen molar-refractivity contribution >= 4 is 23.9 Å². The van der Waals surface area contributed by atoms with Crippen molar-refractivity contribution in [2.75, 3.05) is 11.5 Å². The number of nitrogens with two attached hydrogens (primary N) is 1. The van der Waals surface area contributed by atoms with Crippen molar-refractivity contribution < 1.29 is 9.53 Å². The Kier molecular flexibility index (Phi) is 3.80. The molecule has 1 fully saturated rings. The summed E-state index contributed by atoms with van der Waals surface area (Å²) in [6.07, 6.45) is 3.27. The zero-order valence-corrected chi connectivity index (χ0v) is 9.93. The van der Waals surface area contributed by atoms with Crippen molar-refractivity contribution in [1.29, 1.82) is 0 Å². The number of hydrogen-bond donors (Lipinski definition) is 1. The molecule has 0 aliphatic carbocycles. The van der Waals surface area contributed by atoms with Gasteiger partial charge in [0, 0.05) is 18.4 Å². The topological polar surface area (TPSA) is 87.2 Å². The van der Waals surface area contributed by atoms with E-state index in [0.29, 0.717) is 18.6 Å². The van der Waals surface area contributed by atoms with Crippen molar-refractivity contribution in [2.45, 2.75) is 24.5 Å². The van der Waals surface area contributed by atoms with Crippen molar-refractivity contribution in [3.05, 3.63) is 22.7 Å². The normalized spacial score (nSPS) is 23.8. The summed E-state index contributed by atoms with van der Waals surface area (Å²) in [6, 6.07) is 1.56. The zero-order chi connectivity index (χ0) is 12.3. The molecule has 1 aromatic rings. The van der Waals surface area contributed by atoms with E-state index in [4.69, 9.17) is 10.5 Å². The molecule has 1 aliphatic rings. The highest BCUT2D eigenvalue weighted by Crippen LogP contribution is 2.33. The predicted octanol–water partition coefficient (Wildman–Crippen LogP) is 0.393. The molecule has 2 heterocycles. The average Bonchev–Trinajstić information content (AvgIpc) is 2.75. The van der Waals surface area contributed by atoms with Gasteiger partial charge in [-0.25, -0.2) is 4.79 Å². The summed E-state index contributed by atoms with van der Waals surface area (Å²) in [5, 5.41) is 0. The minimum Gasteiger partial charge on any atom is -0.383 e. The maximum absolute atomic E-state index is 11.6. The SMILES string of the molecule is Nc1ccn([C@H]2CS[C@@H](CCC=O)O2)c(=O)n1. The summed E-state index contributed by atoms with van der Waals surface area (Å²) in [5.74, 6) is 0.879. The molecule has 92 valence electrons. The monoisotopic (exact) mass is 255 g/mol. The summed E-state index contributed by atoms with van der Waals surface area (Å²) < 4.78 is 7.08. The number of rotatable bonds is 4. The van der Waals surface area contributed by atoms with Gasteiger partial charge in [0.05, 0.1) is 0 Å². The predicted molar refractivity (Wildman–Crippen MR) is 64.6 cm³/mol. The molecule has 0 saturated carbocycles. The lowest BCUT2D eigenvalue weighted by Crippen LogP contribution is -2.28. The molecule has 0 amide bonds. The van der Waals surface area contributed by atoms with Gasteiger partial charge in [-0.2, -0.15) is 4.98 Å².